The maximum atomic E-state index is 5.93. The van der Waals surface area contributed by atoms with Gasteiger partial charge in [-0.25, -0.2) is 0 Å². The number of rotatable bonds is 3. The second-order valence-electron chi connectivity index (χ2n) is 4.13. The van der Waals surface area contributed by atoms with Gasteiger partial charge in [0, 0.05) is 0 Å². The molecule has 4 nitrogen and oxygen atoms in total. The van der Waals surface area contributed by atoms with Crippen LogP contribution in [0.2, 0.25) is 5.02 Å². The number of benzene rings is 2. The van der Waals surface area contributed by atoms with Crippen LogP contribution in [-0.2, 0) is 6.61 Å². The third-order valence-electron chi connectivity index (χ3n) is 2.84. The monoisotopic (exact) mass is 277 g/mol. The second-order valence-corrected chi connectivity index (χ2v) is 4.54. The van der Waals surface area contributed by atoms with E-state index >= 15 is 0 Å². The highest BCUT2D eigenvalue weighted by molar-refractivity contribution is 6.33. The van der Waals surface area contributed by atoms with Crippen molar-refractivity contribution in [1.29, 1.82) is 0 Å². The minimum Gasteiger partial charge on any atom is -0.487 e. The van der Waals surface area contributed by atoms with Gasteiger partial charge < -0.3 is 19.9 Å². The molecule has 0 saturated heterocycles. The van der Waals surface area contributed by atoms with Crippen molar-refractivity contribution in [2.75, 3.05) is 12.5 Å². The summed E-state index contributed by atoms with van der Waals surface area (Å²) in [7, 11) is 0. The van der Waals surface area contributed by atoms with Crippen LogP contribution >= 0.6 is 11.6 Å². The zero-order valence-corrected chi connectivity index (χ0v) is 10.8. The highest BCUT2D eigenvalue weighted by Gasteiger charge is 2.13. The molecule has 0 atom stereocenters. The predicted molar refractivity (Wildman–Crippen MR) is 72.8 cm³/mol. The lowest BCUT2D eigenvalue weighted by molar-refractivity contribution is 0.174. The Bertz CT molecular complexity index is 616. The SMILES string of the molecule is Nc1c(Cl)cccc1OCc1ccc2c(c1)OCO2. The normalized spacial score (nSPS) is 12.5. The topological polar surface area (TPSA) is 53.7 Å². The molecule has 0 bridgehead atoms. The minimum absolute atomic E-state index is 0.265. The Morgan fingerprint density at radius 1 is 1.16 bits per heavy atom. The highest BCUT2D eigenvalue weighted by Crippen LogP contribution is 2.33. The van der Waals surface area contributed by atoms with Crippen molar-refractivity contribution in [1.82, 2.24) is 0 Å². The lowest BCUT2D eigenvalue weighted by Gasteiger charge is -2.10. The second kappa shape index (κ2) is 4.90. The van der Waals surface area contributed by atoms with Crippen LogP contribution < -0.4 is 19.9 Å². The molecule has 5 heteroatoms. The molecule has 2 aromatic rings. The van der Waals surface area contributed by atoms with Gasteiger partial charge >= 0.3 is 0 Å². The average Bonchev–Trinajstić information content (AvgIpc) is 2.88. The van der Waals surface area contributed by atoms with E-state index in [1.807, 2.05) is 18.2 Å². The van der Waals surface area contributed by atoms with Gasteiger partial charge in [-0.3, -0.25) is 0 Å². The fraction of sp³-hybridized carbons (Fsp3) is 0.143. The predicted octanol–water partition coefficient (Wildman–Crippen LogP) is 3.23. The smallest absolute Gasteiger partial charge is 0.231 e. The summed E-state index contributed by atoms with van der Waals surface area (Å²) >= 11 is 5.93. The summed E-state index contributed by atoms with van der Waals surface area (Å²) < 4.78 is 16.2. The van der Waals surface area contributed by atoms with E-state index in [4.69, 9.17) is 31.5 Å². The number of ether oxygens (including phenoxy) is 3. The van der Waals surface area contributed by atoms with Gasteiger partial charge in [0.05, 0.1) is 10.7 Å². The first-order valence-corrected chi connectivity index (χ1v) is 6.17. The first-order chi connectivity index (χ1) is 9.24. The van der Waals surface area contributed by atoms with Crippen molar-refractivity contribution >= 4 is 17.3 Å². The van der Waals surface area contributed by atoms with E-state index in [-0.39, 0.29) is 6.79 Å². The van der Waals surface area contributed by atoms with E-state index in [2.05, 4.69) is 0 Å². The minimum atomic E-state index is 0.265. The Hall–Kier alpha value is -2.07. The number of halogens is 1. The van der Waals surface area contributed by atoms with Gasteiger partial charge in [-0.2, -0.15) is 0 Å². The van der Waals surface area contributed by atoms with Gasteiger partial charge in [0.15, 0.2) is 11.5 Å². The molecule has 19 heavy (non-hydrogen) atoms. The van der Waals surface area contributed by atoms with Crippen molar-refractivity contribution in [3.63, 3.8) is 0 Å². The third-order valence-corrected chi connectivity index (χ3v) is 3.17. The lowest BCUT2D eigenvalue weighted by atomic mass is 10.2. The quantitative estimate of drug-likeness (QED) is 0.875. The fourth-order valence-corrected chi connectivity index (χ4v) is 2.00. The van der Waals surface area contributed by atoms with Gasteiger partial charge in [0.25, 0.3) is 0 Å². The number of nitrogen functional groups attached to an aromatic ring is 1. The summed E-state index contributed by atoms with van der Waals surface area (Å²) in [5.41, 5.74) is 7.26. The maximum absolute atomic E-state index is 5.93. The molecule has 2 aromatic carbocycles. The van der Waals surface area contributed by atoms with E-state index in [1.54, 1.807) is 18.2 Å². The van der Waals surface area contributed by atoms with Gasteiger partial charge in [0.1, 0.15) is 12.4 Å². The molecule has 2 N–H and O–H groups in total. The summed E-state index contributed by atoms with van der Waals surface area (Å²) in [5.74, 6) is 2.07. The van der Waals surface area contributed by atoms with E-state index in [0.29, 0.717) is 23.1 Å². The first kappa shape index (κ1) is 12.0. The average molecular weight is 278 g/mol. The van der Waals surface area contributed by atoms with E-state index in [0.717, 1.165) is 17.1 Å². The molecule has 0 fully saturated rings. The Balaban J connectivity index is 1.74. The number of hydrogen-bond acceptors (Lipinski definition) is 4. The summed E-state index contributed by atoms with van der Waals surface area (Å²) in [5, 5.41) is 0.489. The molecule has 0 saturated carbocycles. The summed E-state index contributed by atoms with van der Waals surface area (Å²) in [6, 6.07) is 11.0. The largest absolute Gasteiger partial charge is 0.487 e. The molecule has 0 spiro atoms. The van der Waals surface area contributed by atoms with Crippen LogP contribution in [0.5, 0.6) is 17.2 Å². The Morgan fingerprint density at radius 2 is 2.00 bits per heavy atom. The lowest BCUT2D eigenvalue weighted by Crippen LogP contribution is -1.99. The van der Waals surface area contributed by atoms with Crippen molar-refractivity contribution in [2.24, 2.45) is 0 Å². The molecule has 1 aliphatic heterocycles. The Labute approximate surface area is 115 Å². The van der Waals surface area contributed by atoms with Crippen LogP contribution in [0.1, 0.15) is 5.56 Å². The standard InChI is InChI=1S/C14H12ClNO3/c15-10-2-1-3-12(14(10)16)17-7-9-4-5-11-13(6-9)19-8-18-11/h1-6H,7-8,16H2. The zero-order chi connectivity index (χ0) is 13.2. The van der Waals surface area contributed by atoms with Gasteiger partial charge in [-0.1, -0.05) is 23.7 Å². The maximum Gasteiger partial charge on any atom is 0.231 e. The van der Waals surface area contributed by atoms with Gasteiger partial charge in [-0.05, 0) is 29.8 Å². The number of para-hydroxylation sites is 1. The van der Waals surface area contributed by atoms with Crippen LogP contribution in [0.25, 0.3) is 0 Å². The number of nitrogens with two attached hydrogens (primary N) is 1. The molecular weight excluding hydrogens is 266 g/mol. The van der Waals surface area contributed by atoms with Crippen LogP contribution in [0, 0.1) is 0 Å². The van der Waals surface area contributed by atoms with E-state index in [9.17, 15) is 0 Å². The molecule has 1 heterocycles. The molecular formula is C14H12ClNO3. The van der Waals surface area contributed by atoms with Crippen molar-refractivity contribution in [3.8, 4) is 17.2 Å². The van der Waals surface area contributed by atoms with Crippen molar-refractivity contribution in [2.45, 2.75) is 6.61 Å². The van der Waals surface area contributed by atoms with Crippen molar-refractivity contribution < 1.29 is 14.2 Å². The summed E-state index contributed by atoms with van der Waals surface area (Å²) in [4.78, 5) is 0. The van der Waals surface area contributed by atoms with E-state index in [1.165, 1.54) is 0 Å². The van der Waals surface area contributed by atoms with Gasteiger partial charge in [-0.15, -0.1) is 0 Å². The van der Waals surface area contributed by atoms with Crippen molar-refractivity contribution in [3.05, 3.63) is 47.0 Å². The third kappa shape index (κ3) is 2.39. The molecule has 0 amide bonds. The molecule has 0 aromatic heterocycles. The fourth-order valence-electron chi connectivity index (χ4n) is 1.83. The molecule has 1 aliphatic rings. The van der Waals surface area contributed by atoms with Gasteiger partial charge in [0.2, 0.25) is 6.79 Å². The molecule has 98 valence electrons. The zero-order valence-electron chi connectivity index (χ0n) is 10.1. The van der Waals surface area contributed by atoms with Crippen LogP contribution in [0.15, 0.2) is 36.4 Å². The first-order valence-electron chi connectivity index (χ1n) is 5.79. The van der Waals surface area contributed by atoms with Crippen LogP contribution in [0.4, 0.5) is 5.69 Å². The molecule has 0 radical (unpaired) electrons. The Kier molecular flexibility index (Phi) is 3.09. The van der Waals surface area contributed by atoms with Crippen LogP contribution in [0.3, 0.4) is 0 Å². The summed E-state index contributed by atoms with van der Waals surface area (Å²) in [6.45, 7) is 0.655. The summed E-state index contributed by atoms with van der Waals surface area (Å²) in [6.07, 6.45) is 0. The van der Waals surface area contributed by atoms with Crippen LogP contribution in [-0.4, -0.2) is 6.79 Å². The number of fused-ring (bicyclic) bond motifs is 1. The molecule has 0 unspecified atom stereocenters. The molecule has 3 rings (SSSR count). The number of hydrogen-bond donors (Lipinski definition) is 1. The van der Waals surface area contributed by atoms with E-state index < -0.39 is 0 Å². The Morgan fingerprint density at radius 3 is 2.89 bits per heavy atom. The highest BCUT2D eigenvalue weighted by atomic mass is 35.5. The molecule has 0 aliphatic carbocycles. The number of anilines is 1.